The standard InChI is InChI=1S/C10H12F3N/c1-10(5-11,6-14)8-4-7(12)2-3-9(8)13/h2-4H,5-6,14H2,1H3. The monoisotopic (exact) mass is 203 g/mol. The smallest absolute Gasteiger partial charge is 0.127 e. The molecule has 1 unspecified atom stereocenters. The number of rotatable bonds is 3. The SMILES string of the molecule is CC(CN)(CF)c1cc(F)ccc1F. The van der Waals surface area contributed by atoms with Gasteiger partial charge in [-0.05, 0) is 18.2 Å². The molecule has 0 aliphatic carbocycles. The molecule has 0 aliphatic rings. The third-order valence-electron chi connectivity index (χ3n) is 2.32. The van der Waals surface area contributed by atoms with Crippen molar-refractivity contribution in [3.8, 4) is 0 Å². The summed E-state index contributed by atoms with van der Waals surface area (Å²) in [6.45, 7) is 0.582. The van der Waals surface area contributed by atoms with Gasteiger partial charge in [0.15, 0.2) is 0 Å². The molecule has 1 aromatic rings. The Kier molecular flexibility index (Phi) is 3.16. The zero-order valence-electron chi connectivity index (χ0n) is 7.86. The Morgan fingerprint density at radius 1 is 1.36 bits per heavy atom. The van der Waals surface area contributed by atoms with Crippen molar-refractivity contribution in [3.05, 3.63) is 35.4 Å². The van der Waals surface area contributed by atoms with Gasteiger partial charge in [-0.3, -0.25) is 4.39 Å². The largest absolute Gasteiger partial charge is 0.329 e. The lowest BCUT2D eigenvalue weighted by atomic mass is 9.83. The Labute approximate surface area is 80.7 Å². The summed E-state index contributed by atoms with van der Waals surface area (Å²) < 4.78 is 38.7. The quantitative estimate of drug-likeness (QED) is 0.800. The van der Waals surface area contributed by atoms with Gasteiger partial charge in [0.2, 0.25) is 0 Å². The van der Waals surface area contributed by atoms with Crippen LogP contribution in [0.3, 0.4) is 0 Å². The predicted octanol–water partition coefficient (Wildman–Crippen LogP) is 2.15. The van der Waals surface area contributed by atoms with E-state index in [0.29, 0.717) is 0 Å². The minimum atomic E-state index is -1.15. The number of benzene rings is 1. The summed E-state index contributed by atoms with van der Waals surface area (Å²) in [6, 6.07) is 2.96. The molecule has 1 atom stereocenters. The van der Waals surface area contributed by atoms with Crippen LogP contribution in [-0.4, -0.2) is 13.2 Å². The summed E-state index contributed by atoms with van der Waals surface area (Å²) in [5.41, 5.74) is 4.18. The second-order valence-electron chi connectivity index (χ2n) is 3.52. The maximum atomic E-state index is 13.3. The Morgan fingerprint density at radius 3 is 2.50 bits per heavy atom. The van der Waals surface area contributed by atoms with Crippen LogP contribution in [0.15, 0.2) is 18.2 Å². The average molecular weight is 203 g/mol. The Morgan fingerprint density at radius 2 is 2.00 bits per heavy atom. The third-order valence-corrected chi connectivity index (χ3v) is 2.32. The van der Waals surface area contributed by atoms with Gasteiger partial charge in [-0.25, -0.2) is 8.78 Å². The van der Waals surface area contributed by atoms with Crippen molar-refractivity contribution < 1.29 is 13.2 Å². The molecule has 14 heavy (non-hydrogen) atoms. The highest BCUT2D eigenvalue weighted by Crippen LogP contribution is 2.26. The summed E-state index contributed by atoms with van der Waals surface area (Å²) in [5.74, 6) is -1.22. The van der Waals surface area contributed by atoms with Crippen LogP contribution >= 0.6 is 0 Å². The number of hydrogen-bond donors (Lipinski definition) is 1. The van der Waals surface area contributed by atoms with E-state index in [1.165, 1.54) is 6.92 Å². The first-order valence-electron chi connectivity index (χ1n) is 4.25. The molecule has 1 rings (SSSR count). The molecule has 0 aromatic heterocycles. The van der Waals surface area contributed by atoms with Crippen molar-refractivity contribution >= 4 is 0 Å². The van der Waals surface area contributed by atoms with Gasteiger partial charge in [0.25, 0.3) is 0 Å². The van der Waals surface area contributed by atoms with Crippen molar-refractivity contribution in [1.82, 2.24) is 0 Å². The maximum absolute atomic E-state index is 13.3. The molecule has 0 fully saturated rings. The average Bonchev–Trinajstić information content (AvgIpc) is 2.20. The van der Waals surface area contributed by atoms with E-state index in [9.17, 15) is 13.2 Å². The lowest BCUT2D eigenvalue weighted by Gasteiger charge is -2.25. The van der Waals surface area contributed by atoms with E-state index >= 15 is 0 Å². The predicted molar refractivity (Wildman–Crippen MR) is 48.7 cm³/mol. The van der Waals surface area contributed by atoms with Crippen molar-refractivity contribution in [1.29, 1.82) is 0 Å². The fraction of sp³-hybridized carbons (Fsp3) is 0.400. The topological polar surface area (TPSA) is 26.0 Å². The minimum absolute atomic E-state index is 0.0116. The van der Waals surface area contributed by atoms with Gasteiger partial charge in [0.05, 0.1) is 0 Å². The molecular formula is C10H12F3N. The van der Waals surface area contributed by atoms with Gasteiger partial charge < -0.3 is 5.73 Å². The second-order valence-corrected chi connectivity index (χ2v) is 3.52. The minimum Gasteiger partial charge on any atom is -0.329 e. The number of alkyl halides is 1. The second kappa shape index (κ2) is 4.00. The number of hydrogen-bond acceptors (Lipinski definition) is 1. The summed E-state index contributed by atoms with van der Waals surface area (Å²) in [5, 5.41) is 0. The molecule has 0 heterocycles. The summed E-state index contributed by atoms with van der Waals surface area (Å²) in [7, 11) is 0. The highest BCUT2D eigenvalue weighted by Gasteiger charge is 2.28. The molecule has 0 spiro atoms. The molecule has 78 valence electrons. The fourth-order valence-electron chi connectivity index (χ4n) is 1.20. The molecule has 2 N–H and O–H groups in total. The van der Waals surface area contributed by atoms with E-state index in [0.717, 1.165) is 18.2 Å². The van der Waals surface area contributed by atoms with E-state index < -0.39 is 23.7 Å². The lowest BCUT2D eigenvalue weighted by Crippen LogP contribution is -2.35. The molecular weight excluding hydrogens is 191 g/mol. The highest BCUT2D eigenvalue weighted by atomic mass is 19.1. The molecule has 1 aromatic carbocycles. The zero-order chi connectivity index (χ0) is 10.8. The third kappa shape index (κ3) is 1.90. The highest BCUT2D eigenvalue weighted by molar-refractivity contribution is 5.27. The maximum Gasteiger partial charge on any atom is 0.127 e. The number of halogens is 3. The molecule has 0 saturated heterocycles. The summed E-state index contributed by atoms with van der Waals surface area (Å²) >= 11 is 0. The van der Waals surface area contributed by atoms with E-state index in [1.54, 1.807) is 0 Å². The first kappa shape index (κ1) is 11.0. The van der Waals surface area contributed by atoms with Crippen LogP contribution in [-0.2, 0) is 5.41 Å². The molecule has 0 aliphatic heterocycles. The molecule has 0 amide bonds. The molecule has 4 heteroatoms. The summed E-state index contributed by atoms with van der Waals surface area (Å²) in [4.78, 5) is 0. The van der Waals surface area contributed by atoms with Crippen LogP contribution in [0.1, 0.15) is 12.5 Å². The Balaban J connectivity index is 3.22. The van der Waals surface area contributed by atoms with E-state index in [-0.39, 0.29) is 12.1 Å². The van der Waals surface area contributed by atoms with Crippen molar-refractivity contribution in [2.24, 2.45) is 5.73 Å². The van der Waals surface area contributed by atoms with Crippen LogP contribution in [0.5, 0.6) is 0 Å². The normalized spacial score (nSPS) is 15.2. The van der Waals surface area contributed by atoms with Gasteiger partial charge in [-0.15, -0.1) is 0 Å². The first-order chi connectivity index (χ1) is 6.53. The molecule has 1 nitrogen and oxygen atoms in total. The van der Waals surface area contributed by atoms with Crippen LogP contribution in [0.25, 0.3) is 0 Å². The zero-order valence-corrected chi connectivity index (χ0v) is 7.86. The van der Waals surface area contributed by atoms with Gasteiger partial charge in [-0.2, -0.15) is 0 Å². The van der Waals surface area contributed by atoms with E-state index in [1.807, 2.05) is 0 Å². The van der Waals surface area contributed by atoms with E-state index in [2.05, 4.69) is 0 Å². The van der Waals surface area contributed by atoms with Crippen LogP contribution in [0.4, 0.5) is 13.2 Å². The fourth-order valence-corrected chi connectivity index (χ4v) is 1.20. The summed E-state index contributed by atoms with van der Waals surface area (Å²) in [6.07, 6.45) is 0. The molecule has 0 saturated carbocycles. The first-order valence-corrected chi connectivity index (χ1v) is 4.25. The van der Waals surface area contributed by atoms with Crippen molar-refractivity contribution in [3.63, 3.8) is 0 Å². The van der Waals surface area contributed by atoms with Crippen LogP contribution in [0, 0.1) is 11.6 Å². The van der Waals surface area contributed by atoms with Gasteiger partial charge in [0.1, 0.15) is 18.3 Å². The van der Waals surface area contributed by atoms with Gasteiger partial charge in [0, 0.05) is 17.5 Å². The van der Waals surface area contributed by atoms with Crippen LogP contribution < -0.4 is 5.73 Å². The van der Waals surface area contributed by atoms with Crippen molar-refractivity contribution in [2.45, 2.75) is 12.3 Å². The lowest BCUT2D eigenvalue weighted by molar-refractivity contribution is 0.323. The Hall–Kier alpha value is -1.03. The van der Waals surface area contributed by atoms with Crippen molar-refractivity contribution in [2.75, 3.05) is 13.2 Å². The Bertz CT molecular complexity index is 321. The molecule has 0 radical (unpaired) electrons. The number of nitrogens with two attached hydrogens (primary N) is 1. The van der Waals surface area contributed by atoms with Gasteiger partial charge in [-0.1, -0.05) is 6.92 Å². The van der Waals surface area contributed by atoms with E-state index in [4.69, 9.17) is 5.73 Å². The van der Waals surface area contributed by atoms with Crippen LogP contribution in [0.2, 0.25) is 0 Å². The van der Waals surface area contributed by atoms with Gasteiger partial charge >= 0.3 is 0 Å². The molecule has 0 bridgehead atoms.